The average Bonchev–Trinajstić information content (AvgIpc) is 2.83. The van der Waals surface area contributed by atoms with Gasteiger partial charge in [0.05, 0.1) is 12.8 Å². The summed E-state index contributed by atoms with van der Waals surface area (Å²) in [5, 5.41) is 5.28. The minimum absolute atomic E-state index is 0.202. The van der Waals surface area contributed by atoms with E-state index >= 15 is 0 Å². The monoisotopic (exact) mass is 499 g/mol. The molecule has 2 N–H and O–H groups in total. The lowest BCUT2D eigenvalue weighted by atomic mass is 10.0. The number of nitrogens with one attached hydrogen (secondary N) is 2. The molecule has 2 amide bonds. The van der Waals surface area contributed by atoms with Gasteiger partial charge in [0.2, 0.25) is 0 Å². The summed E-state index contributed by atoms with van der Waals surface area (Å²) in [6, 6.07) is 18.6. The minimum Gasteiger partial charge on any atom is -0.497 e. The molecule has 0 spiro atoms. The standard InChI is InChI=1S/C26H27Cl2N3O3/c1-4-31(30-21-10-12-22(34-3)13-11-21)26(33)24(15-18-8-9-20(27)16-23(18)28)29-25(32)19-7-5-6-17(2)14-19/h5-14,16,24,30H,4,15H2,1-3H3,(H,29,32). The van der Waals surface area contributed by atoms with Gasteiger partial charge in [-0.15, -0.1) is 0 Å². The topological polar surface area (TPSA) is 70.7 Å². The van der Waals surface area contributed by atoms with Crippen LogP contribution in [0.5, 0.6) is 5.75 Å². The summed E-state index contributed by atoms with van der Waals surface area (Å²) in [5.74, 6) is 0.0681. The van der Waals surface area contributed by atoms with Crippen molar-refractivity contribution >= 4 is 40.7 Å². The number of aryl methyl sites for hydroxylation is 1. The van der Waals surface area contributed by atoms with Crippen LogP contribution < -0.4 is 15.5 Å². The molecule has 0 saturated carbocycles. The van der Waals surface area contributed by atoms with E-state index in [1.807, 2.05) is 32.0 Å². The summed E-state index contributed by atoms with van der Waals surface area (Å²) in [7, 11) is 1.59. The van der Waals surface area contributed by atoms with Crippen LogP contribution in [0.1, 0.15) is 28.4 Å². The number of hydrogen-bond acceptors (Lipinski definition) is 4. The highest BCUT2D eigenvalue weighted by Gasteiger charge is 2.27. The number of benzene rings is 3. The van der Waals surface area contributed by atoms with Gasteiger partial charge in [0.1, 0.15) is 11.8 Å². The predicted octanol–water partition coefficient (Wildman–Crippen LogP) is 5.53. The van der Waals surface area contributed by atoms with E-state index in [0.29, 0.717) is 39.2 Å². The highest BCUT2D eigenvalue weighted by atomic mass is 35.5. The molecule has 3 aromatic carbocycles. The lowest BCUT2D eigenvalue weighted by molar-refractivity contribution is -0.131. The summed E-state index contributed by atoms with van der Waals surface area (Å²) in [6.07, 6.45) is 0.202. The smallest absolute Gasteiger partial charge is 0.263 e. The first kappa shape index (κ1) is 25.4. The second-order valence-electron chi connectivity index (χ2n) is 7.76. The zero-order chi connectivity index (χ0) is 24.7. The van der Waals surface area contributed by atoms with Gasteiger partial charge in [0.25, 0.3) is 11.8 Å². The number of rotatable bonds is 9. The van der Waals surface area contributed by atoms with Crippen LogP contribution in [0.4, 0.5) is 5.69 Å². The van der Waals surface area contributed by atoms with Gasteiger partial charge in [-0.1, -0.05) is 47.0 Å². The number of nitrogens with zero attached hydrogens (tertiary/aromatic N) is 1. The number of carbonyl (C=O) groups is 2. The molecule has 0 aromatic heterocycles. The first-order chi connectivity index (χ1) is 16.3. The van der Waals surface area contributed by atoms with Crippen molar-refractivity contribution in [2.75, 3.05) is 19.1 Å². The molecule has 0 radical (unpaired) electrons. The summed E-state index contributed by atoms with van der Waals surface area (Å²) < 4.78 is 5.19. The van der Waals surface area contributed by atoms with Crippen LogP contribution in [0.3, 0.4) is 0 Å². The van der Waals surface area contributed by atoms with Crippen molar-refractivity contribution in [2.45, 2.75) is 26.3 Å². The van der Waals surface area contributed by atoms with Gasteiger partial charge >= 0.3 is 0 Å². The van der Waals surface area contributed by atoms with Gasteiger partial charge in [-0.05, 0) is 67.9 Å². The number of ether oxygens (including phenoxy) is 1. The quantitative estimate of drug-likeness (QED) is 0.380. The van der Waals surface area contributed by atoms with Gasteiger partial charge in [-0.3, -0.25) is 20.0 Å². The molecular formula is C26H27Cl2N3O3. The Hall–Kier alpha value is -3.22. The van der Waals surface area contributed by atoms with Crippen molar-refractivity contribution in [1.82, 2.24) is 10.3 Å². The van der Waals surface area contributed by atoms with Crippen LogP contribution in [0.15, 0.2) is 66.7 Å². The van der Waals surface area contributed by atoms with Gasteiger partial charge in [-0.25, -0.2) is 0 Å². The largest absolute Gasteiger partial charge is 0.497 e. The normalized spacial score (nSPS) is 11.4. The van der Waals surface area contributed by atoms with Crippen LogP contribution in [-0.4, -0.2) is 36.5 Å². The molecule has 34 heavy (non-hydrogen) atoms. The number of anilines is 1. The van der Waals surface area contributed by atoms with Crippen LogP contribution in [0.2, 0.25) is 10.0 Å². The summed E-state index contributed by atoms with van der Waals surface area (Å²) in [4.78, 5) is 26.6. The van der Waals surface area contributed by atoms with Gasteiger partial charge in [0, 0.05) is 28.6 Å². The van der Waals surface area contributed by atoms with Crippen molar-refractivity contribution in [3.05, 3.63) is 93.5 Å². The average molecular weight is 500 g/mol. The highest BCUT2D eigenvalue weighted by molar-refractivity contribution is 6.35. The van der Waals surface area contributed by atoms with Gasteiger partial charge in [0.15, 0.2) is 0 Å². The van der Waals surface area contributed by atoms with E-state index in [-0.39, 0.29) is 18.2 Å². The molecule has 3 aromatic rings. The Morgan fingerprint density at radius 1 is 1.03 bits per heavy atom. The number of likely N-dealkylation sites (N-methyl/N-ethyl adjacent to an activating group) is 1. The first-order valence-electron chi connectivity index (χ1n) is 10.8. The zero-order valence-corrected chi connectivity index (χ0v) is 20.8. The second-order valence-corrected chi connectivity index (χ2v) is 8.60. The molecule has 8 heteroatoms. The molecule has 0 aliphatic rings. The van der Waals surface area contributed by atoms with E-state index in [9.17, 15) is 9.59 Å². The van der Waals surface area contributed by atoms with Crippen LogP contribution >= 0.6 is 23.2 Å². The van der Waals surface area contributed by atoms with Crippen LogP contribution in [0.25, 0.3) is 0 Å². The predicted molar refractivity (Wildman–Crippen MR) is 137 cm³/mol. The summed E-state index contributed by atoms with van der Waals surface area (Å²) in [5.41, 5.74) is 5.96. The lowest BCUT2D eigenvalue weighted by Crippen LogP contribution is -2.51. The van der Waals surface area contributed by atoms with Crippen molar-refractivity contribution in [3.63, 3.8) is 0 Å². The first-order valence-corrected chi connectivity index (χ1v) is 11.6. The third-order valence-corrected chi connectivity index (χ3v) is 5.85. The fraction of sp³-hybridized carbons (Fsp3) is 0.231. The maximum Gasteiger partial charge on any atom is 0.263 e. The molecule has 6 nitrogen and oxygen atoms in total. The molecule has 3 rings (SSSR count). The second kappa shape index (κ2) is 11.8. The van der Waals surface area contributed by atoms with Gasteiger partial charge in [-0.2, -0.15) is 0 Å². The van der Waals surface area contributed by atoms with Crippen molar-refractivity contribution in [2.24, 2.45) is 0 Å². The number of halogens is 2. The van der Waals surface area contributed by atoms with Crippen molar-refractivity contribution < 1.29 is 14.3 Å². The molecule has 0 fully saturated rings. The van der Waals surface area contributed by atoms with E-state index in [1.165, 1.54) is 5.01 Å². The van der Waals surface area contributed by atoms with Gasteiger partial charge < -0.3 is 10.1 Å². The third-order valence-electron chi connectivity index (χ3n) is 5.26. The lowest BCUT2D eigenvalue weighted by Gasteiger charge is -2.28. The molecule has 178 valence electrons. The molecule has 0 aliphatic carbocycles. The van der Waals surface area contributed by atoms with Crippen molar-refractivity contribution in [1.29, 1.82) is 0 Å². The Labute approximate surface area is 209 Å². The summed E-state index contributed by atoms with van der Waals surface area (Å²) >= 11 is 12.4. The Morgan fingerprint density at radius 2 is 1.76 bits per heavy atom. The van der Waals surface area contributed by atoms with Crippen molar-refractivity contribution in [3.8, 4) is 5.75 Å². The Morgan fingerprint density at radius 3 is 2.38 bits per heavy atom. The van der Waals surface area contributed by atoms with E-state index in [2.05, 4.69) is 10.7 Å². The van der Waals surface area contributed by atoms with Crippen LogP contribution in [0, 0.1) is 6.92 Å². The van der Waals surface area contributed by atoms with E-state index in [1.54, 1.807) is 55.6 Å². The fourth-order valence-corrected chi connectivity index (χ4v) is 3.92. The molecule has 0 aliphatic heterocycles. The minimum atomic E-state index is -0.864. The highest BCUT2D eigenvalue weighted by Crippen LogP contribution is 2.23. The fourth-order valence-electron chi connectivity index (χ4n) is 3.43. The van der Waals surface area contributed by atoms with E-state index < -0.39 is 6.04 Å². The third kappa shape index (κ3) is 6.65. The molecular weight excluding hydrogens is 473 g/mol. The molecule has 1 unspecified atom stereocenters. The van der Waals surface area contributed by atoms with Crippen LogP contribution in [-0.2, 0) is 11.2 Å². The molecule has 0 heterocycles. The molecule has 1 atom stereocenters. The Balaban J connectivity index is 1.86. The Kier molecular flexibility index (Phi) is 8.79. The number of carbonyl (C=O) groups excluding carboxylic acids is 2. The number of amides is 2. The maximum atomic E-state index is 13.6. The molecule has 0 saturated heterocycles. The maximum absolute atomic E-state index is 13.6. The summed E-state index contributed by atoms with van der Waals surface area (Å²) in [6.45, 7) is 4.13. The number of hydrogen-bond donors (Lipinski definition) is 2. The number of hydrazine groups is 1. The van der Waals surface area contributed by atoms with E-state index in [0.717, 1.165) is 5.56 Å². The SMILES string of the molecule is CCN(Nc1ccc(OC)cc1)C(=O)C(Cc1ccc(Cl)cc1Cl)NC(=O)c1cccc(C)c1. The van der Waals surface area contributed by atoms with E-state index in [4.69, 9.17) is 27.9 Å². The number of methoxy groups -OCH3 is 1. The zero-order valence-electron chi connectivity index (χ0n) is 19.3. The molecule has 0 bridgehead atoms. The Bertz CT molecular complexity index is 1150.